The molecule has 3 aliphatic rings. The summed E-state index contributed by atoms with van der Waals surface area (Å²) >= 11 is 0. The average molecular weight is 360 g/mol. The van der Waals surface area contributed by atoms with Gasteiger partial charge in [-0.2, -0.15) is 5.10 Å². The number of hydrogen-bond donors (Lipinski definition) is 1. The van der Waals surface area contributed by atoms with E-state index in [1.807, 2.05) is 11.7 Å². The molecule has 1 aromatic heterocycles. The Kier molecular flexibility index (Phi) is 5.32. The van der Waals surface area contributed by atoms with Gasteiger partial charge in [-0.3, -0.25) is 19.3 Å². The molecular formula is C20H33N5O. The molecule has 4 rings (SSSR count). The van der Waals surface area contributed by atoms with Gasteiger partial charge in [0.15, 0.2) is 0 Å². The van der Waals surface area contributed by atoms with E-state index in [1.54, 1.807) is 0 Å². The van der Waals surface area contributed by atoms with Crippen LogP contribution in [0.25, 0.3) is 0 Å². The Labute approximate surface area is 156 Å². The van der Waals surface area contributed by atoms with Gasteiger partial charge in [-0.1, -0.05) is 0 Å². The molecule has 3 heterocycles. The Bertz CT molecular complexity index is 630. The number of carbonyl (C=O) groups is 1. The van der Waals surface area contributed by atoms with Crippen molar-refractivity contribution in [1.82, 2.24) is 24.9 Å². The van der Waals surface area contributed by atoms with Crippen molar-refractivity contribution in [2.45, 2.75) is 64.1 Å². The highest BCUT2D eigenvalue weighted by Crippen LogP contribution is 2.26. The minimum atomic E-state index is 0.209. The molecule has 0 spiro atoms. The lowest BCUT2D eigenvalue weighted by molar-refractivity contribution is -0.127. The zero-order valence-electron chi connectivity index (χ0n) is 16.3. The zero-order chi connectivity index (χ0) is 18.1. The predicted molar refractivity (Wildman–Crippen MR) is 102 cm³/mol. The van der Waals surface area contributed by atoms with Gasteiger partial charge in [0.05, 0.1) is 11.6 Å². The molecule has 144 valence electrons. The second kappa shape index (κ2) is 7.69. The Morgan fingerprint density at radius 1 is 1.19 bits per heavy atom. The lowest BCUT2D eigenvalue weighted by Gasteiger charge is -2.42. The summed E-state index contributed by atoms with van der Waals surface area (Å²) in [6.45, 7) is 7.54. The standard InChI is InChI=1S/C20H33N5O/c1-15-17(12-23(2)22-15)13-24-10-7-19(8-11-24)25-9-3-4-16(14-25)20(26)21-18-5-6-18/h12,16,18-19H,3-11,13-14H2,1-2H3,(H,21,26). The molecule has 0 bridgehead atoms. The maximum Gasteiger partial charge on any atom is 0.224 e. The molecule has 1 N–H and O–H groups in total. The van der Waals surface area contributed by atoms with Gasteiger partial charge in [0.1, 0.15) is 0 Å². The molecule has 26 heavy (non-hydrogen) atoms. The molecule has 1 amide bonds. The normalized spacial score (nSPS) is 26.2. The van der Waals surface area contributed by atoms with E-state index >= 15 is 0 Å². The van der Waals surface area contributed by atoms with Gasteiger partial charge in [0.25, 0.3) is 0 Å². The van der Waals surface area contributed by atoms with E-state index in [9.17, 15) is 4.79 Å². The number of aryl methyl sites for hydroxylation is 2. The quantitative estimate of drug-likeness (QED) is 0.869. The third kappa shape index (κ3) is 4.29. The Balaban J connectivity index is 1.25. The van der Waals surface area contributed by atoms with E-state index in [0.717, 1.165) is 44.7 Å². The molecule has 1 unspecified atom stereocenters. The third-order valence-electron chi connectivity index (χ3n) is 6.33. The van der Waals surface area contributed by atoms with Gasteiger partial charge in [-0.15, -0.1) is 0 Å². The van der Waals surface area contributed by atoms with E-state index in [0.29, 0.717) is 18.0 Å². The van der Waals surface area contributed by atoms with Crippen molar-refractivity contribution in [2.24, 2.45) is 13.0 Å². The van der Waals surface area contributed by atoms with Crippen LogP contribution in [0.15, 0.2) is 6.20 Å². The molecule has 1 aromatic rings. The SMILES string of the molecule is Cc1nn(C)cc1CN1CCC(N2CCCC(C(=O)NC3CC3)C2)CC1. The lowest BCUT2D eigenvalue weighted by atomic mass is 9.93. The number of carbonyl (C=O) groups excluding carboxylic acids is 1. The van der Waals surface area contributed by atoms with Crippen LogP contribution >= 0.6 is 0 Å². The van der Waals surface area contributed by atoms with Crippen LogP contribution in [0, 0.1) is 12.8 Å². The maximum atomic E-state index is 12.4. The van der Waals surface area contributed by atoms with Crippen molar-refractivity contribution in [3.63, 3.8) is 0 Å². The smallest absolute Gasteiger partial charge is 0.224 e. The average Bonchev–Trinajstić information content (AvgIpc) is 3.40. The first-order valence-corrected chi connectivity index (χ1v) is 10.3. The van der Waals surface area contributed by atoms with Crippen molar-refractivity contribution < 1.29 is 4.79 Å². The van der Waals surface area contributed by atoms with Gasteiger partial charge in [0, 0.05) is 44.0 Å². The molecule has 2 aliphatic heterocycles. The van der Waals surface area contributed by atoms with Crippen molar-refractivity contribution in [2.75, 3.05) is 26.2 Å². The molecule has 0 aromatic carbocycles. The highest BCUT2D eigenvalue weighted by molar-refractivity contribution is 5.79. The molecule has 6 nitrogen and oxygen atoms in total. The minimum absolute atomic E-state index is 0.209. The van der Waals surface area contributed by atoms with Crippen LogP contribution in [-0.2, 0) is 18.4 Å². The van der Waals surface area contributed by atoms with Crippen LogP contribution in [0.4, 0.5) is 0 Å². The fraction of sp³-hybridized carbons (Fsp3) is 0.800. The molecule has 2 saturated heterocycles. The van der Waals surface area contributed by atoms with Crippen molar-refractivity contribution in [3.05, 3.63) is 17.5 Å². The largest absolute Gasteiger partial charge is 0.353 e. The Morgan fingerprint density at radius 3 is 2.62 bits per heavy atom. The maximum absolute atomic E-state index is 12.4. The highest BCUT2D eigenvalue weighted by Gasteiger charge is 2.33. The van der Waals surface area contributed by atoms with Gasteiger partial charge < -0.3 is 5.32 Å². The minimum Gasteiger partial charge on any atom is -0.353 e. The summed E-state index contributed by atoms with van der Waals surface area (Å²) in [7, 11) is 1.99. The van der Waals surface area contributed by atoms with Crippen molar-refractivity contribution >= 4 is 5.91 Å². The summed E-state index contributed by atoms with van der Waals surface area (Å²) in [5.74, 6) is 0.516. The van der Waals surface area contributed by atoms with Gasteiger partial charge in [-0.25, -0.2) is 0 Å². The summed E-state index contributed by atoms with van der Waals surface area (Å²) in [6, 6.07) is 1.13. The van der Waals surface area contributed by atoms with Crippen LogP contribution in [-0.4, -0.2) is 63.8 Å². The molecule has 1 saturated carbocycles. The van der Waals surface area contributed by atoms with Crippen LogP contribution in [0.1, 0.15) is 49.8 Å². The molecule has 1 atom stereocenters. The van der Waals surface area contributed by atoms with E-state index < -0.39 is 0 Å². The van der Waals surface area contributed by atoms with Gasteiger partial charge in [-0.05, 0) is 65.1 Å². The predicted octanol–water partition coefficient (Wildman–Crippen LogP) is 1.68. The number of piperidine rings is 2. The van der Waals surface area contributed by atoms with E-state index in [4.69, 9.17) is 0 Å². The number of rotatable bonds is 5. The first kappa shape index (κ1) is 18.0. The van der Waals surface area contributed by atoms with E-state index in [2.05, 4.69) is 33.3 Å². The van der Waals surface area contributed by atoms with Crippen LogP contribution in [0.5, 0.6) is 0 Å². The highest BCUT2D eigenvalue weighted by atomic mass is 16.2. The molecule has 6 heteroatoms. The molecular weight excluding hydrogens is 326 g/mol. The monoisotopic (exact) mass is 359 g/mol. The fourth-order valence-electron chi connectivity index (χ4n) is 4.59. The van der Waals surface area contributed by atoms with Crippen LogP contribution in [0.3, 0.4) is 0 Å². The van der Waals surface area contributed by atoms with Gasteiger partial charge in [0.2, 0.25) is 5.91 Å². The van der Waals surface area contributed by atoms with E-state index in [1.165, 1.54) is 37.8 Å². The topological polar surface area (TPSA) is 53.4 Å². The summed E-state index contributed by atoms with van der Waals surface area (Å²) in [6.07, 6.45) is 9.17. The second-order valence-electron chi connectivity index (χ2n) is 8.54. The first-order chi connectivity index (χ1) is 12.6. The first-order valence-electron chi connectivity index (χ1n) is 10.3. The number of hydrogen-bond acceptors (Lipinski definition) is 4. The summed E-state index contributed by atoms with van der Waals surface area (Å²) in [4.78, 5) is 17.6. The number of aromatic nitrogens is 2. The van der Waals surface area contributed by atoms with E-state index in [-0.39, 0.29) is 5.92 Å². The second-order valence-corrected chi connectivity index (χ2v) is 8.54. The number of likely N-dealkylation sites (tertiary alicyclic amines) is 2. The van der Waals surface area contributed by atoms with Crippen molar-refractivity contribution in [3.8, 4) is 0 Å². The Morgan fingerprint density at radius 2 is 1.96 bits per heavy atom. The zero-order valence-corrected chi connectivity index (χ0v) is 16.3. The number of amides is 1. The fourth-order valence-corrected chi connectivity index (χ4v) is 4.59. The lowest BCUT2D eigenvalue weighted by Crippen LogP contribution is -2.50. The summed E-state index contributed by atoms with van der Waals surface area (Å²) in [5.41, 5.74) is 2.50. The molecule has 3 fully saturated rings. The van der Waals surface area contributed by atoms with Crippen molar-refractivity contribution in [1.29, 1.82) is 0 Å². The molecule has 0 radical (unpaired) electrons. The van der Waals surface area contributed by atoms with Crippen LogP contribution < -0.4 is 5.32 Å². The van der Waals surface area contributed by atoms with Crippen LogP contribution in [0.2, 0.25) is 0 Å². The third-order valence-corrected chi connectivity index (χ3v) is 6.33. The summed E-state index contributed by atoms with van der Waals surface area (Å²) in [5, 5.41) is 7.67. The Hall–Kier alpha value is -1.40. The summed E-state index contributed by atoms with van der Waals surface area (Å²) < 4.78 is 1.91. The van der Waals surface area contributed by atoms with Gasteiger partial charge >= 0.3 is 0 Å². The molecule has 1 aliphatic carbocycles. The number of nitrogens with zero attached hydrogens (tertiary/aromatic N) is 4. The number of nitrogens with one attached hydrogen (secondary N) is 1.